The summed E-state index contributed by atoms with van der Waals surface area (Å²) in [5.41, 5.74) is 0. The number of hydrogen-bond acceptors (Lipinski definition) is 3. The zero-order valence-corrected chi connectivity index (χ0v) is 11.3. The normalized spacial score (nSPS) is 19.2. The van der Waals surface area contributed by atoms with Gasteiger partial charge in [-0.25, -0.2) is 0 Å². The Balaban J connectivity index is 0. The van der Waals surface area contributed by atoms with E-state index in [1.165, 1.54) is 0 Å². The Morgan fingerprint density at radius 3 is 1.75 bits per heavy atom. The number of allylic oxidation sites excluding steroid dienone is 2. The fourth-order valence-corrected chi connectivity index (χ4v) is 2.21. The highest BCUT2D eigenvalue weighted by atomic mass is 35.5. The first-order valence-electron chi connectivity index (χ1n) is 6.50. The maximum absolute atomic E-state index is 10.7. The minimum absolute atomic E-state index is 0. The molecule has 0 aromatic heterocycles. The van der Waals surface area contributed by atoms with Crippen molar-refractivity contribution < 1.29 is 14.4 Å². The molecule has 0 N–H and O–H groups in total. The van der Waals surface area contributed by atoms with Crippen LogP contribution >= 0.6 is 11.6 Å². The van der Waals surface area contributed by atoms with Crippen LogP contribution in [0.4, 0.5) is 0 Å². The Bertz CT molecular complexity index is 343. The Morgan fingerprint density at radius 1 is 0.750 bits per heavy atom. The number of halogens is 1. The average Bonchev–Trinajstić information content (AvgIpc) is 2.59. The van der Waals surface area contributed by atoms with Crippen molar-refractivity contribution in [1.29, 1.82) is 0 Å². The molecule has 0 spiro atoms. The Morgan fingerprint density at radius 2 is 1.20 bits per heavy atom. The fraction of sp³-hybridized carbons (Fsp3) is 0.688. The summed E-state index contributed by atoms with van der Waals surface area (Å²) in [6, 6.07) is 0. The monoisotopic (exact) mass is 302 g/mol. The average molecular weight is 303 g/mol. The molecule has 0 bridgehead atoms. The van der Waals surface area contributed by atoms with E-state index >= 15 is 0 Å². The van der Waals surface area contributed by atoms with Gasteiger partial charge in [-0.15, -0.1) is 0 Å². The molecule has 0 heterocycles. The van der Waals surface area contributed by atoms with Crippen LogP contribution in [0.2, 0.25) is 0 Å². The summed E-state index contributed by atoms with van der Waals surface area (Å²) in [5.74, 6) is 0.424. The molecule has 2 aliphatic rings. The molecule has 1 saturated carbocycles. The second-order valence-corrected chi connectivity index (χ2v) is 5.21. The van der Waals surface area contributed by atoms with Gasteiger partial charge in [0.25, 0.3) is 0 Å². The molecular weight excluding hydrogens is 276 g/mol. The lowest BCUT2D eigenvalue weighted by Crippen LogP contribution is -2.01. The summed E-state index contributed by atoms with van der Waals surface area (Å²) in [6.07, 6.45) is 8.40. The van der Waals surface area contributed by atoms with Crippen LogP contribution in [0.1, 0.15) is 72.6 Å². The van der Waals surface area contributed by atoms with Crippen LogP contribution in [0.5, 0.6) is 0 Å². The van der Waals surface area contributed by atoms with Gasteiger partial charge in [-0.05, 0) is 38.2 Å². The van der Waals surface area contributed by atoms with E-state index in [4.69, 9.17) is 11.6 Å². The van der Waals surface area contributed by atoms with Gasteiger partial charge in [0.1, 0.15) is 11.6 Å². The van der Waals surface area contributed by atoms with E-state index in [0.29, 0.717) is 19.3 Å². The first-order valence-corrected chi connectivity index (χ1v) is 6.88. The molecule has 3 nitrogen and oxygen atoms in total. The number of hydrogen-bond donors (Lipinski definition) is 0. The molecule has 0 aromatic rings. The van der Waals surface area contributed by atoms with Crippen molar-refractivity contribution in [2.75, 3.05) is 0 Å². The first kappa shape index (κ1) is 21.3. The van der Waals surface area contributed by atoms with Crippen molar-refractivity contribution in [3.05, 3.63) is 11.1 Å². The molecule has 2 rings (SSSR count). The van der Waals surface area contributed by atoms with E-state index in [2.05, 4.69) is 0 Å². The molecule has 20 heavy (non-hydrogen) atoms. The van der Waals surface area contributed by atoms with Crippen molar-refractivity contribution in [3.63, 3.8) is 0 Å². The van der Waals surface area contributed by atoms with Gasteiger partial charge in [-0.1, -0.05) is 26.5 Å². The van der Waals surface area contributed by atoms with Gasteiger partial charge < -0.3 is 0 Å². The molecular formula is C16H27ClO3. The van der Waals surface area contributed by atoms with E-state index in [9.17, 15) is 14.4 Å². The van der Waals surface area contributed by atoms with Crippen LogP contribution < -0.4 is 0 Å². The predicted molar refractivity (Wildman–Crippen MR) is 84.0 cm³/mol. The van der Waals surface area contributed by atoms with E-state index in [1.54, 1.807) is 6.08 Å². The summed E-state index contributed by atoms with van der Waals surface area (Å²) < 4.78 is 0. The van der Waals surface area contributed by atoms with Gasteiger partial charge >= 0.3 is 0 Å². The van der Waals surface area contributed by atoms with Crippen LogP contribution in [0, 0.1) is 0 Å². The summed E-state index contributed by atoms with van der Waals surface area (Å²) in [7, 11) is 0. The smallest absolute Gasteiger partial charge is 0.156 e. The number of Topliss-reactive ketones (excluding diaryl/α,β-unsaturated/α-hetero) is 2. The number of ketones is 3. The van der Waals surface area contributed by atoms with E-state index < -0.39 is 0 Å². The lowest BCUT2D eigenvalue weighted by Gasteiger charge is -1.88. The van der Waals surface area contributed by atoms with Crippen molar-refractivity contribution in [3.8, 4) is 0 Å². The first-order chi connectivity index (χ1) is 8.58. The molecule has 0 radical (unpaired) electrons. The molecule has 0 saturated heterocycles. The summed E-state index contributed by atoms with van der Waals surface area (Å²) in [5, 5.41) is 0.720. The summed E-state index contributed by atoms with van der Waals surface area (Å²) >= 11 is 5.66. The van der Waals surface area contributed by atoms with Gasteiger partial charge in [0.2, 0.25) is 0 Å². The Labute approximate surface area is 127 Å². The van der Waals surface area contributed by atoms with E-state index in [-0.39, 0.29) is 38.6 Å². The van der Waals surface area contributed by atoms with Gasteiger partial charge in [-0.3, -0.25) is 14.4 Å². The van der Waals surface area contributed by atoms with E-state index in [1.807, 2.05) is 0 Å². The molecule has 4 heteroatoms. The second-order valence-electron chi connectivity index (χ2n) is 4.73. The summed E-state index contributed by atoms with van der Waals surface area (Å²) in [6.45, 7) is 0. The fourth-order valence-electron chi connectivity index (χ4n) is 1.95. The topological polar surface area (TPSA) is 51.2 Å². The SMILES string of the molecule is C.C.O=C1C=C(Cl)CCCC1.O=C1CCCCC(=O)C1. The highest BCUT2D eigenvalue weighted by Gasteiger charge is 2.12. The molecule has 1 fully saturated rings. The van der Waals surface area contributed by atoms with Crippen LogP contribution in [0.15, 0.2) is 11.1 Å². The van der Waals surface area contributed by atoms with Crippen LogP contribution in [-0.4, -0.2) is 17.3 Å². The zero-order valence-electron chi connectivity index (χ0n) is 10.5. The quantitative estimate of drug-likeness (QED) is 0.485. The maximum Gasteiger partial charge on any atom is 0.156 e. The standard InChI is InChI=1S/C7H9ClO.C7H10O2.2CH4/c2*8-6-3-1-2-4-7(9)5-6;;/h5H,1-4H2;1-5H2;2*1H4. The Hall–Kier alpha value is -0.960. The largest absolute Gasteiger partial charge is 0.299 e. The predicted octanol–water partition coefficient (Wildman–Crippen LogP) is 4.61. The second kappa shape index (κ2) is 11.8. The maximum atomic E-state index is 10.7. The van der Waals surface area contributed by atoms with E-state index in [0.717, 1.165) is 37.1 Å². The minimum atomic E-state index is 0. The molecule has 116 valence electrons. The third-order valence-corrected chi connectivity index (χ3v) is 3.26. The summed E-state index contributed by atoms with van der Waals surface area (Å²) in [4.78, 5) is 32.1. The zero-order chi connectivity index (χ0) is 13.4. The number of carbonyl (C=O) groups excluding carboxylic acids is 3. The third kappa shape index (κ3) is 9.90. The van der Waals surface area contributed by atoms with Gasteiger partial charge in [-0.2, -0.15) is 0 Å². The highest BCUT2D eigenvalue weighted by Crippen LogP contribution is 2.17. The molecule has 0 aromatic carbocycles. The lowest BCUT2D eigenvalue weighted by atomic mass is 10.2. The van der Waals surface area contributed by atoms with Crippen molar-refractivity contribution >= 4 is 29.0 Å². The highest BCUT2D eigenvalue weighted by molar-refractivity contribution is 6.31. The molecule has 0 amide bonds. The number of carbonyl (C=O) groups is 3. The molecule has 0 unspecified atom stereocenters. The van der Waals surface area contributed by atoms with Gasteiger partial charge in [0.15, 0.2) is 5.78 Å². The Kier molecular flexibility index (Phi) is 12.6. The van der Waals surface area contributed by atoms with Crippen LogP contribution in [-0.2, 0) is 14.4 Å². The van der Waals surface area contributed by atoms with Crippen molar-refractivity contribution in [1.82, 2.24) is 0 Å². The van der Waals surface area contributed by atoms with Gasteiger partial charge in [0.05, 0.1) is 6.42 Å². The van der Waals surface area contributed by atoms with Crippen LogP contribution in [0.3, 0.4) is 0 Å². The molecule has 0 aliphatic heterocycles. The van der Waals surface area contributed by atoms with Crippen molar-refractivity contribution in [2.45, 2.75) is 72.6 Å². The van der Waals surface area contributed by atoms with Crippen molar-refractivity contribution in [2.24, 2.45) is 0 Å². The molecule has 2 aliphatic carbocycles. The third-order valence-electron chi connectivity index (χ3n) is 2.96. The lowest BCUT2D eigenvalue weighted by molar-refractivity contribution is -0.126. The van der Waals surface area contributed by atoms with Crippen LogP contribution in [0.25, 0.3) is 0 Å². The number of rotatable bonds is 0. The molecule has 0 atom stereocenters. The minimum Gasteiger partial charge on any atom is -0.299 e. The van der Waals surface area contributed by atoms with Gasteiger partial charge in [0, 0.05) is 24.3 Å².